The summed E-state index contributed by atoms with van der Waals surface area (Å²) in [6.45, 7) is 0. The van der Waals surface area contributed by atoms with E-state index in [1.54, 1.807) is 12.1 Å². The Morgan fingerprint density at radius 2 is 0.667 bits per heavy atom. The van der Waals surface area contributed by atoms with Gasteiger partial charge in [-0.3, -0.25) is 0 Å². The van der Waals surface area contributed by atoms with E-state index in [-0.39, 0.29) is 22.3 Å². The minimum atomic E-state index is -1.59. The molecule has 0 radical (unpaired) electrons. The van der Waals surface area contributed by atoms with E-state index in [2.05, 4.69) is 23.7 Å². The molecule has 4 aromatic carbocycles. The molecular formula is C40H34F8. The predicted octanol–water partition coefficient (Wildman–Crippen LogP) is 12.2. The van der Waals surface area contributed by atoms with Gasteiger partial charge in [0.1, 0.15) is 11.6 Å². The van der Waals surface area contributed by atoms with E-state index >= 15 is 0 Å². The van der Waals surface area contributed by atoms with Crippen LogP contribution in [0.2, 0.25) is 0 Å². The first-order chi connectivity index (χ1) is 23.1. The number of unbranched alkanes of at least 4 members (excludes halogenated alkanes) is 11. The van der Waals surface area contributed by atoms with E-state index in [0.717, 1.165) is 88.5 Å². The van der Waals surface area contributed by atoms with Gasteiger partial charge in [0.15, 0.2) is 34.9 Å². The van der Waals surface area contributed by atoms with Crippen molar-refractivity contribution in [3.63, 3.8) is 0 Å². The van der Waals surface area contributed by atoms with Crippen LogP contribution in [0.15, 0.2) is 60.7 Å². The van der Waals surface area contributed by atoms with Crippen LogP contribution in [0.3, 0.4) is 0 Å². The molecular weight excluding hydrogens is 632 g/mol. The molecule has 0 aliphatic heterocycles. The fourth-order valence-electron chi connectivity index (χ4n) is 5.25. The minimum absolute atomic E-state index is 0.0331. The SMILES string of the molecule is Fc1cc(C#CCCCCCCCCCCCCC#Cc2ccc(-c3cc(F)c(F)c(F)c3)c(F)c2)ccc1-c1cc(F)c(F)c(F)c1. The smallest absolute Gasteiger partial charge is 0.194 e. The highest BCUT2D eigenvalue weighted by atomic mass is 19.2. The first-order valence-corrected chi connectivity index (χ1v) is 16.0. The van der Waals surface area contributed by atoms with Gasteiger partial charge in [0.25, 0.3) is 0 Å². The molecule has 0 spiro atoms. The van der Waals surface area contributed by atoms with Gasteiger partial charge in [0.05, 0.1) is 0 Å². The lowest BCUT2D eigenvalue weighted by Gasteiger charge is -2.06. The predicted molar refractivity (Wildman–Crippen MR) is 173 cm³/mol. The van der Waals surface area contributed by atoms with Crippen molar-refractivity contribution < 1.29 is 35.1 Å². The van der Waals surface area contributed by atoms with Gasteiger partial charge in [-0.2, -0.15) is 0 Å². The van der Waals surface area contributed by atoms with Crippen LogP contribution in [0, 0.1) is 70.2 Å². The molecule has 0 aromatic heterocycles. The van der Waals surface area contributed by atoms with Crippen molar-refractivity contribution in [3.8, 4) is 45.9 Å². The van der Waals surface area contributed by atoms with E-state index in [9.17, 15) is 35.1 Å². The zero-order chi connectivity index (χ0) is 34.5. The second-order valence-corrected chi connectivity index (χ2v) is 11.5. The van der Waals surface area contributed by atoms with Crippen molar-refractivity contribution in [3.05, 3.63) is 118 Å². The van der Waals surface area contributed by atoms with Crippen LogP contribution < -0.4 is 0 Å². The molecule has 250 valence electrons. The summed E-state index contributed by atoms with van der Waals surface area (Å²) in [7, 11) is 0. The summed E-state index contributed by atoms with van der Waals surface area (Å²) >= 11 is 0. The Morgan fingerprint density at radius 1 is 0.354 bits per heavy atom. The second kappa shape index (κ2) is 18.1. The third kappa shape index (κ3) is 10.5. The molecule has 0 N–H and O–H groups in total. The van der Waals surface area contributed by atoms with Crippen LogP contribution >= 0.6 is 0 Å². The molecule has 0 aliphatic rings. The van der Waals surface area contributed by atoms with Gasteiger partial charge in [-0.05, 0) is 72.5 Å². The number of hydrogen-bond acceptors (Lipinski definition) is 0. The molecule has 0 bridgehead atoms. The average molecular weight is 667 g/mol. The van der Waals surface area contributed by atoms with Gasteiger partial charge in [0, 0.05) is 35.1 Å². The normalized spacial score (nSPS) is 10.8. The molecule has 0 unspecified atom stereocenters. The zero-order valence-corrected chi connectivity index (χ0v) is 26.3. The van der Waals surface area contributed by atoms with Crippen LogP contribution in [-0.2, 0) is 0 Å². The molecule has 8 heteroatoms. The standard InChI is InChI=1S/C40H34F8/c41-33-21-27(17-19-31(33)29-23-35(43)39(47)36(44)24-29)15-13-11-9-7-5-3-1-2-4-6-8-10-12-14-16-28-18-20-32(34(42)22-28)30-25-37(45)40(48)38(46)26-30/h17-26H,1-12H2. The zero-order valence-electron chi connectivity index (χ0n) is 26.3. The van der Waals surface area contributed by atoms with Gasteiger partial charge in [-0.25, -0.2) is 35.1 Å². The van der Waals surface area contributed by atoms with Crippen LogP contribution in [0.25, 0.3) is 22.3 Å². The van der Waals surface area contributed by atoms with E-state index < -0.39 is 46.5 Å². The van der Waals surface area contributed by atoms with Gasteiger partial charge >= 0.3 is 0 Å². The van der Waals surface area contributed by atoms with Crippen LogP contribution in [0.1, 0.15) is 88.2 Å². The molecule has 0 saturated carbocycles. The largest absolute Gasteiger partial charge is 0.206 e. The lowest BCUT2D eigenvalue weighted by atomic mass is 10.0. The summed E-state index contributed by atoms with van der Waals surface area (Å²) < 4.78 is 109. The van der Waals surface area contributed by atoms with E-state index in [4.69, 9.17) is 0 Å². The molecule has 0 heterocycles. The molecule has 0 fully saturated rings. The molecule has 0 amide bonds. The molecule has 0 aliphatic carbocycles. The van der Waals surface area contributed by atoms with Crippen molar-refractivity contribution >= 4 is 0 Å². The number of benzene rings is 4. The maximum atomic E-state index is 14.5. The van der Waals surface area contributed by atoms with Gasteiger partial charge < -0.3 is 0 Å². The van der Waals surface area contributed by atoms with Gasteiger partial charge in [-0.15, -0.1) is 0 Å². The Hall–Kier alpha value is -4.56. The van der Waals surface area contributed by atoms with Crippen LogP contribution in [0.4, 0.5) is 35.1 Å². The van der Waals surface area contributed by atoms with Crippen molar-refractivity contribution in [1.82, 2.24) is 0 Å². The molecule has 0 atom stereocenters. The Balaban J connectivity index is 1.03. The van der Waals surface area contributed by atoms with Gasteiger partial charge in [0.2, 0.25) is 0 Å². The fraction of sp³-hybridized carbons (Fsp3) is 0.300. The maximum absolute atomic E-state index is 14.5. The minimum Gasteiger partial charge on any atom is -0.206 e. The molecule has 4 aromatic rings. The highest BCUT2D eigenvalue weighted by Crippen LogP contribution is 2.28. The first-order valence-electron chi connectivity index (χ1n) is 16.0. The molecule has 4 rings (SSSR count). The van der Waals surface area contributed by atoms with Crippen LogP contribution in [-0.4, -0.2) is 0 Å². The molecule has 48 heavy (non-hydrogen) atoms. The summed E-state index contributed by atoms with van der Waals surface area (Å²) in [4.78, 5) is 0. The van der Waals surface area contributed by atoms with Gasteiger partial charge in [-0.1, -0.05) is 87.2 Å². The number of rotatable bonds is 13. The Labute approximate surface area is 276 Å². The van der Waals surface area contributed by atoms with Crippen molar-refractivity contribution in [2.24, 2.45) is 0 Å². The van der Waals surface area contributed by atoms with Crippen molar-refractivity contribution in [2.45, 2.75) is 77.0 Å². The summed E-state index contributed by atoms with van der Waals surface area (Å²) in [5, 5.41) is 0. The Morgan fingerprint density at radius 3 is 0.979 bits per heavy atom. The average Bonchev–Trinajstić information content (AvgIpc) is 3.05. The van der Waals surface area contributed by atoms with Crippen molar-refractivity contribution in [1.29, 1.82) is 0 Å². The summed E-state index contributed by atoms with van der Waals surface area (Å²) in [6, 6.07) is 11.3. The topological polar surface area (TPSA) is 0 Å². The van der Waals surface area contributed by atoms with Crippen LogP contribution in [0.5, 0.6) is 0 Å². The van der Waals surface area contributed by atoms with E-state index in [0.29, 0.717) is 24.0 Å². The number of halogens is 8. The number of hydrogen-bond donors (Lipinski definition) is 0. The molecule has 0 saturated heterocycles. The fourth-order valence-corrected chi connectivity index (χ4v) is 5.25. The second-order valence-electron chi connectivity index (χ2n) is 11.5. The summed E-state index contributed by atoms with van der Waals surface area (Å²) in [5.74, 6) is 1.82. The third-order valence-corrected chi connectivity index (χ3v) is 7.85. The lowest BCUT2D eigenvalue weighted by molar-refractivity contribution is 0.447. The first kappa shape index (κ1) is 36.3. The quantitative estimate of drug-likeness (QED) is 0.0577. The van der Waals surface area contributed by atoms with E-state index in [1.807, 2.05) is 0 Å². The highest BCUT2D eigenvalue weighted by Gasteiger charge is 2.15. The Bertz CT molecular complexity index is 1660. The lowest BCUT2D eigenvalue weighted by Crippen LogP contribution is -1.94. The monoisotopic (exact) mass is 666 g/mol. The molecule has 0 nitrogen and oxygen atoms in total. The van der Waals surface area contributed by atoms with Crippen molar-refractivity contribution in [2.75, 3.05) is 0 Å². The maximum Gasteiger partial charge on any atom is 0.194 e. The summed E-state index contributed by atoms with van der Waals surface area (Å²) in [6.07, 6.45) is 12.2. The highest BCUT2D eigenvalue weighted by molar-refractivity contribution is 5.66. The Kier molecular flexibility index (Phi) is 13.7. The summed E-state index contributed by atoms with van der Waals surface area (Å²) in [5.41, 5.74) is 0.672. The van der Waals surface area contributed by atoms with E-state index in [1.165, 1.54) is 24.3 Å². The third-order valence-electron chi connectivity index (χ3n) is 7.85.